The molecule has 1 atom stereocenters. The Morgan fingerprint density at radius 2 is 1.93 bits per heavy atom. The highest BCUT2D eigenvalue weighted by molar-refractivity contribution is 7.89. The van der Waals surface area contributed by atoms with Crippen LogP contribution in [0.4, 0.5) is 6.01 Å². The Kier molecular flexibility index (Phi) is 5.88. The third-order valence-electron chi connectivity index (χ3n) is 4.33. The topological polar surface area (TPSA) is 115 Å². The second-order valence-corrected chi connectivity index (χ2v) is 7.95. The number of ether oxygens (including phenoxy) is 1. The zero-order valence-corrected chi connectivity index (χ0v) is 16.0. The Morgan fingerprint density at radius 1 is 1.22 bits per heavy atom. The minimum Gasteiger partial charge on any atom is -0.405 e. The molecule has 1 fully saturated rings. The number of carbonyl (C=O) groups is 1. The third kappa shape index (κ3) is 4.18. The molecule has 1 aliphatic rings. The molecule has 2 heterocycles. The Morgan fingerprint density at radius 3 is 2.52 bits per heavy atom. The molecular weight excluding hydrogens is 372 g/mol. The fourth-order valence-corrected chi connectivity index (χ4v) is 4.31. The fourth-order valence-electron chi connectivity index (χ4n) is 2.85. The summed E-state index contributed by atoms with van der Waals surface area (Å²) in [4.78, 5) is 12.5. The fraction of sp³-hybridized carbons (Fsp3) is 0.471. The Labute approximate surface area is 157 Å². The first-order valence-electron chi connectivity index (χ1n) is 8.82. The van der Waals surface area contributed by atoms with E-state index in [1.165, 1.54) is 28.6 Å². The van der Waals surface area contributed by atoms with Crippen LogP contribution in [0.1, 0.15) is 49.0 Å². The predicted molar refractivity (Wildman–Crippen MR) is 96.7 cm³/mol. The van der Waals surface area contributed by atoms with Crippen LogP contribution in [-0.2, 0) is 14.8 Å². The van der Waals surface area contributed by atoms with Gasteiger partial charge in [-0.05, 0) is 37.1 Å². The molecule has 0 spiro atoms. The average molecular weight is 394 g/mol. The van der Waals surface area contributed by atoms with Crippen molar-refractivity contribution >= 4 is 21.9 Å². The number of aromatic nitrogens is 2. The van der Waals surface area contributed by atoms with Crippen molar-refractivity contribution in [3.05, 3.63) is 35.7 Å². The van der Waals surface area contributed by atoms with Crippen molar-refractivity contribution in [3.63, 3.8) is 0 Å². The van der Waals surface area contributed by atoms with E-state index in [2.05, 4.69) is 15.5 Å². The Balaban J connectivity index is 1.69. The molecule has 9 nitrogen and oxygen atoms in total. The third-order valence-corrected chi connectivity index (χ3v) is 6.39. The van der Waals surface area contributed by atoms with Crippen molar-refractivity contribution < 1.29 is 22.4 Å². The molecule has 0 saturated carbocycles. The predicted octanol–water partition coefficient (Wildman–Crippen LogP) is 2.20. The molecular formula is C17H22N4O5S. The average Bonchev–Trinajstić information content (AvgIpc) is 3.34. The van der Waals surface area contributed by atoms with Gasteiger partial charge in [0, 0.05) is 25.3 Å². The lowest BCUT2D eigenvalue weighted by atomic mass is 10.2. The molecule has 3 rings (SSSR count). The van der Waals surface area contributed by atoms with Crippen molar-refractivity contribution in [3.8, 4) is 0 Å². The number of nitrogens with zero attached hydrogens (tertiary/aromatic N) is 3. The SMILES string of the molecule is CCN(CC)S(=O)(=O)c1ccc(C(=O)Nc2nnc([C@H]3CCCO3)o2)cc1. The van der Waals surface area contributed by atoms with Gasteiger partial charge in [0.2, 0.25) is 15.9 Å². The van der Waals surface area contributed by atoms with E-state index >= 15 is 0 Å². The first-order valence-corrected chi connectivity index (χ1v) is 10.3. The van der Waals surface area contributed by atoms with Crippen LogP contribution in [0, 0.1) is 0 Å². The van der Waals surface area contributed by atoms with Gasteiger partial charge in [0.05, 0.1) is 4.90 Å². The van der Waals surface area contributed by atoms with Gasteiger partial charge in [-0.2, -0.15) is 4.31 Å². The molecule has 1 N–H and O–H groups in total. The summed E-state index contributed by atoms with van der Waals surface area (Å²) in [7, 11) is -3.56. The summed E-state index contributed by atoms with van der Waals surface area (Å²) >= 11 is 0. The molecule has 146 valence electrons. The molecule has 0 unspecified atom stereocenters. The zero-order chi connectivity index (χ0) is 19.4. The number of rotatable bonds is 7. The van der Waals surface area contributed by atoms with E-state index in [-0.39, 0.29) is 22.6 Å². The number of anilines is 1. The summed E-state index contributed by atoms with van der Waals surface area (Å²) in [6.07, 6.45) is 1.50. The first kappa shape index (κ1) is 19.5. The van der Waals surface area contributed by atoms with Crippen molar-refractivity contribution in [1.82, 2.24) is 14.5 Å². The Hall–Kier alpha value is -2.30. The maximum atomic E-state index is 12.5. The summed E-state index contributed by atoms with van der Waals surface area (Å²) in [6.45, 7) is 4.96. The highest BCUT2D eigenvalue weighted by Crippen LogP contribution is 2.28. The van der Waals surface area contributed by atoms with Crippen LogP contribution in [0.2, 0.25) is 0 Å². The lowest BCUT2D eigenvalue weighted by Gasteiger charge is -2.18. The molecule has 27 heavy (non-hydrogen) atoms. The van der Waals surface area contributed by atoms with Crippen LogP contribution >= 0.6 is 0 Å². The van der Waals surface area contributed by atoms with Crippen molar-refractivity contribution in [2.24, 2.45) is 0 Å². The van der Waals surface area contributed by atoms with E-state index < -0.39 is 15.9 Å². The number of carbonyl (C=O) groups excluding carboxylic acids is 1. The number of hydrogen-bond donors (Lipinski definition) is 1. The van der Waals surface area contributed by atoms with Gasteiger partial charge in [-0.25, -0.2) is 8.42 Å². The molecule has 0 radical (unpaired) electrons. The smallest absolute Gasteiger partial charge is 0.322 e. The van der Waals surface area contributed by atoms with Gasteiger partial charge in [0.15, 0.2) is 0 Å². The van der Waals surface area contributed by atoms with Gasteiger partial charge in [0.25, 0.3) is 5.91 Å². The summed E-state index contributed by atoms with van der Waals surface area (Å²) < 4.78 is 37.2. The molecule has 1 amide bonds. The molecule has 1 aliphatic heterocycles. The molecule has 2 aromatic rings. The van der Waals surface area contributed by atoms with Gasteiger partial charge in [-0.3, -0.25) is 10.1 Å². The van der Waals surface area contributed by atoms with E-state index in [1.54, 1.807) is 13.8 Å². The number of benzene rings is 1. The number of sulfonamides is 1. The van der Waals surface area contributed by atoms with E-state index in [0.29, 0.717) is 25.6 Å². The molecule has 1 saturated heterocycles. The summed E-state index contributed by atoms with van der Waals surface area (Å²) in [5.41, 5.74) is 0.283. The molecule has 0 bridgehead atoms. The second-order valence-electron chi connectivity index (χ2n) is 6.01. The lowest BCUT2D eigenvalue weighted by Crippen LogP contribution is -2.30. The van der Waals surface area contributed by atoms with Gasteiger partial charge < -0.3 is 9.15 Å². The van der Waals surface area contributed by atoms with E-state index in [9.17, 15) is 13.2 Å². The van der Waals surface area contributed by atoms with Gasteiger partial charge in [-0.15, -0.1) is 5.10 Å². The van der Waals surface area contributed by atoms with Crippen LogP contribution in [0.5, 0.6) is 0 Å². The van der Waals surface area contributed by atoms with Crippen LogP contribution in [0.15, 0.2) is 33.6 Å². The maximum Gasteiger partial charge on any atom is 0.322 e. The maximum absolute atomic E-state index is 12.5. The molecule has 1 aromatic heterocycles. The lowest BCUT2D eigenvalue weighted by molar-refractivity contribution is 0.0893. The van der Waals surface area contributed by atoms with Crippen molar-refractivity contribution in [2.75, 3.05) is 25.0 Å². The summed E-state index contributed by atoms with van der Waals surface area (Å²) in [5, 5.41) is 10.2. The van der Waals surface area contributed by atoms with E-state index in [0.717, 1.165) is 12.8 Å². The number of amides is 1. The van der Waals surface area contributed by atoms with Gasteiger partial charge in [-0.1, -0.05) is 18.9 Å². The number of hydrogen-bond acceptors (Lipinski definition) is 7. The quantitative estimate of drug-likeness (QED) is 0.765. The standard InChI is InChI=1S/C17H22N4O5S/c1-3-21(4-2)27(23,24)13-9-7-12(8-10-13)15(22)18-17-20-19-16(26-17)14-6-5-11-25-14/h7-10,14H,3-6,11H2,1-2H3,(H,18,20,22)/t14-/m1/s1. The normalized spacial score (nSPS) is 17.4. The van der Waals surface area contributed by atoms with Crippen LogP contribution < -0.4 is 5.32 Å². The van der Waals surface area contributed by atoms with E-state index in [4.69, 9.17) is 9.15 Å². The Bertz CT molecular complexity index is 884. The zero-order valence-electron chi connectivity index (χ0n) is 15.2. The second kappa shape index (κ2) is 8.15. The molecule has 10 heteroatoms. The van der Waals surface area contributed by atoms with Crippen LogP contribution in [0.25, 0.3) is 0 Å². The monoisotopic (exact) mass is 394 g/mol. The van der Waals surface area contributed by atoms with Crippen LogP contribution in [0.3, 0.4) is 0 Å². The molecule has 1 aromatic carbocycles. The van der Waals surface area contributed by atoms with Gasteiger partial charge in [0.1, 0.15) is 6.10 Å². The molecule has 0 aliphatic carbocycles. The largest absolute Gasteiger partial charge is 0.405 e. The van der Waals surface area contributed by atoms with Crippen molar-refractivity contribution in [1.29, 1.82) is 0 Å². The summed E-state index contributed by atoms with van der Waals surface area (Å²) in [6, 6.07) is 5.69. The minimum atomic E-state index is -3.56. The minimum absolute atomic E-state index is 0.0228. The highest BCUT2D eigenvalue weighted by Gasteiger charge is 2.25. The van der Waals surface area contributed by atoms with Gasteiger partial charge >= 0.3 is 6.01 Å². The number of nitrogens with one attached hydrogen (secondary N) is 1. The van der Waals surface area contributed by atoms with E-state index in [1.807, 2.05) is 0 Å². The highest BCUT2D eigenvalue weighted by atomic mass is 32.2. The van der Waals surface area contributed by atoms with Crippen molar-refractivity contribution in [2.45, 2.75) is 37.7 Å². The van der Waals surface area contributed by atoms with Crippen LogP contribution in [-0.4, -0.2) is 48.5 Å². The first-order chi connectivity index (χ1) is 13.0. The summed E-state index contributed by atoms with van der Waals surface area (Å²) in [5.74, 6) is -0.132.